The number of carbonyl (C=O) groups excluding carboxylic acids is 1. The van der Waals surface area contributed by atoms with Crippen LogP contribution in [-0.4, -0.2) is 40.6 Å². The van der Waals surface area contributed by atoms with Gasteiger partial charge < -0.3 is 14.7 Å². The zero-order valence-corrected chi connectivity index (χ0v) is 11.7. The highest BCUT2D eigenvalue weighted by Crippen LogP contribution is 2.29. The van der Waals surface area contributed by atoms with E-state index < -0.39 is 11.5 Å². The summed E-state index contributed by atoms with van der Waals surface area (Å²) >= 11 is 0. The molecule has 1 saturated heterocycles. The molecule has 0 saturated carbocycles. The van der Waals surface area contributed by atoms with Crippen molar-refractivity contribution < 1.29 is 19.4 Å². The highest BCUT2D eigenvalue weighted by Gasteiger charge is 2.45. The Morgan fingerprint density at radius 3 is 2.86 bits per heavy atom. The number of rotatable bonds is 4. The molecule has 0 bridgehead atoms. The molecule has 6 nitrogen and oxygen atoms in total. The van der Waals surface area contributed by atoms with E-state index in [1.807, 2.05) is 6.07 Å². The van der Waals surface area contributed by atoms with Crippen molar-refractivity contribution in [2.24, 2.45) is 0 Å². The van der Waals surface area contributed by atoms with Crippen LogP contribution in [0.1, 0.15) is 25.3 Å². The van der Waals surface area contributed by atoms with Crippen molar-refractivity contribution in [3.63, 3.8) is 0 Å². The third kappa shape index (κ3) is 2.82. The summed E-state index contributed by atoms with van der Waals surface area (Å²) in [5.41, 5.74) is -0.831. The number of benzene rings is 1. The fourth-order valence-corrected chi connectivity index (χ4v) is 2.49. The fraction of sp³-hybridized carbons (Fsp3) is 0.400. The number of amides is 1. The Balaban J connectivity index is 2.06. The molecule has 1 aliphatic heterocycles. The Kier molecular flexibility index (Phi) is 4.13. The minimum absolute atomic E-state index is 0.276. The van der Waals surface area contributed by atoms with Crippen LogP contribution in [0.5, 0.6) is 5.75 Å². The summed E-state index contributed by atoms with van der Waals surface area (Å²) in [4.78, 5) is 24.9. The molecule has 0 aromatic heterocycles. The first-order valence-electron chi connectivity index (χ1n) is 6.65. The van der Waals surface area contributed by atoms with Crippen LogP contribution < -0.4 is 4.74 Å². The lowest BCUT2D eigenvalue weighted by Gasteiger charge is -2.31. The second kappa shape index (κ2) is 5.83. The van der Waals surface area contributed by atoms with Crippen molar-refractivity contribution in [3.8, 4) is 11.8 Å². The number of carboxylic acid groups (broad SMARTS) is 1. The van der Waals surface area contributed by atoms with Gasteiger partial charge >= 0.3 is 5.97 Å². The molecular weight excluding hydrogens is 272 g/mol. The van der Waals surface area contributed by atoms with Crippen LogP contribution >= 0.6 is 0 Å². The van der Waals surface area contributed by atoms with Crippen LogP contribution in [0, 0.1) is 11.3 Å². The highest BCUT2D eigenvalue weighted by atomic mass is 16.5. The minimum Gasteiger partial charge on any atom is -0.482 e. The molecule has 0 spiro atoms. The Morgan fingerprint density at radius 1 is 1.48 bits per heavy atom. The van der Waals surface area contributed by atoms with Gasteiger partial charge in [0.05, 0.1) is 5.56 Å². The molecule has 110 valence electrons. The zero-order valence-electron chi connectivity index (χ0n) is 11.7. The molecule has 21 heavy (non-hydrogen) atoms. The van der Waals surface area contributed by atoms with Crippen molar-refractivity contribution in [1.29, 1.82) is 5.26 Å². The van der Waals surface area contributed by atoms with Crippen LogP contribution in [0.3, 0.4) is 0 Å². The number of aliphatic carboxylic acids is 1. The summed E-state index contributed by atoms with van der Waals surface area (Å²) in [7, 11) is 0. The smallest absolute Gasteiger partial charge is 0.329 e. The summed E-state index contributed by atoms with van der Waals surface area (Å²) in [6.45, 7) is 1.68. The molecule has 0 aliphatic carbocycles. The van der Waals surface area contributed by atoms with E-state index in [2.05, 4.69) is 0 Å². The summed E-state index contributed by atoms with van der Waals surface area (Å²) in [5, 5.41) is 18.2. The van der Waals surface area contributed by atoms with Crippen molar-refractivity contribution in [1.82, 2.24) is 4.90 Å². The van der Waals surface area contributed by atoms with E-state index in [0.717, 1.165) is 0 Å². The monoisotopic (exact) mass is 288 g/mol. The van der Waals surface area contributed by atoms with E-state index in [0.29, 0.717) is 30.7 Å². The maximum Gasteiger partial charge on any atom is 0.329 e. The van der Waals surface area contributed by atoms with Gasteiger partial charge in [-0.25, -0.2) is 4.79 Å². The molecule has 1 aromatic carbocycles. The number of hydrogen-bond donors (Lipinski definition) is 1. The Labute approximate surface area is 122 Å². The van der Waals surface area contributed by atoms with Crippen LogP contribution in [0.25, 0.3) is 0 Å². The van der Waals surface area contributed by atoms with Gasteiger partial charge in [0, 0.05) is 6.54 Å². The van der Waals surface area contributed by atoms with Crippen LogP contribution in [0.15, 0.2) is 24.3 Å². The molecule has 0 radical (unpaired) electrons. The second-order valence-electron chi connectivity index (χ2n) is 5.12. The predicted molar refractivity (Wildman–Crippen MR) is 73.6 cm³/mol. The largest absolute Gasteiger partial charge is 0.482 e. The maximum absolute atomic E-state index is 12.2. The molecule has 1 fully saturated rings. The molecule has 1 N–H and O–H groups in total. The number of para-hydroxylation sites is 1. The van der Waals surface area contributed by atoms with Crippen molar-refractivity contribution in [2.45, 2.75) is 25.3 Å². The molecule has 1 aromatic rings. The Morgan fingerprint density at radius 2 is 2.19 bits per heavy atom. The summed E-state index contributed by atoms with van der Waals surface area (Å²) in [6.07, 6.45) is 1.09. The molecule has 1 amide bonds. The van der Waals surface area contributed by atoms with Gasteiger partial charge in [0.2, 0.25) is 0 Å². The lowest BCUT2D eigenvalue weighted by molar-refractivity contribution is -0.156. The van der Waals surface area contributed by atoms with E-state index in [9.17, 15) is 14.7 Å². The van der Waals surface area contributed by atoms with Crippen LogP contribution in [-0.2, 0) is 9.59 Å². The van der Waals surface area contributed by atoms with Gasteiger partial charge in [-0.1, -0.05) is 12.1 Å². The Bertz CT molecular complexity index is 608. The molecule has 2 rings (SSSR count). The standard InChI is InChI=1S/C15H16N2O4/c1-15(14(19)20)7-4-8-17(15)13(18)10-21-12-6-3-2-5-11(12)9-16/h2-3,5-6H,4,7-8,10H2,1H3,(H,19,20). The van der Waals surface area contributed by atoms with Crippen molar-refractivity contribution in [3.05, 3.63) is 29.8 Å². The number of carboxylic acids is 1. The molecule has 1 heterocycles. The molecular formula is C15H16N2O4. The average molecular weight is 288 g/mol. The van der Waals surface area contributed by atoms with Gasteiger partial charge in [-0.05, 0) is 31.9 Å². The third-order valence-corrected chi connectivity index (χ3v) is 3.76. The van der Waals surface area contributed by atoms with Gasteiger partial charge in [-0.15, -0.1) is 0 Å². The van der Waals surface area contributed by atoms with Gasteiger partial charge in [0.25, 0.3) is 5.91 Å². The molecule has 1 atom stereocenters. The highest BCUT2D eigenvalue weighted by molar-refractivity contribution is 5.88. The van der Waals surface area contributed by atoms with Crippen molar-refractivity contribution >= 4 is 11.9 Å². The zero-order chi connectivity index (χ0) is 15.5. The first-order valence-corrected chi connectivity index (χ1v) is 6.65. The maximum atomic E-state index is 12.2. The number of nitrogens with zero attached hydrogens (tertiary/aromatic N) is 2. The lowest BCUT2D eigenvalue weighted by atomic mass is 9.99. The number of ether oxygens (including phenoxy) is 1. The number of nitriles is 1. The summed E-state index contributed by atoms with van der Waals surface area (Å²) in [5.74, 6) is -1.07. The van der Waals surface area contributed by atoms with E-state index in [1.54, 1.807) is 31.2 Å². The molecule has 1 aliphatic rings. The van der Waals surface area contributed by atoms with E-state index in [1.165, 1.54) is 4.90 Å². The number of likely N-dealkylation sites (tertiary alicyclic amines) is 1. The second-order valence-corrected chi connectivity index (χ2v) is 5.12. The first-order chi connectivity index (χ1) is 9.99. The third-order valence-electron chi connectivity index (χ3n) is 3.76. The van der Waals surface area contributed by atoms with Gasteiger partial charge in [-0.3, -0.25) is 4.79 Å². The first kappa shape index (κ1) is 14.9. The molecule has 1 unspecified atom stereocenters. The summed E-state index contributed by atoms with van der Waals surface area (Å²) < 4.78 is 5.37. The minimum atomic E-state index is -1.17. The molecule has 6 heteroatoms. The fourth-order valence-electron chi connectivity index (χ4n) is 2.49. The van der Waals surface area contributed by atoms with E-state index in [4.69, 9.17) is 10.00 Å². The quantitative estimate of drug-likeness (QED) is 0.904. The number of hydrogen-bond acceptors (Lipinski definition) is 4. The topological polar surface area (TPSA) is 90.6 Å². The van der Waals surface area contributed by atoms with E-state index in [-0.39, 0.29) is 12.5 Å². The van der Waals surface area contributed by atoms with Gasteiger partial charge in [-0.2, -0.15) is 5.26 Å². The number of carbonyl (C=O) groups is 2. The summed E-state index contributed by atoms with van der Waals surface area (Å²) in [6, 6.07) is 8.59. The van der Waals surface area contributed by atoms with Crippen LogP contribution in [0.4, 0.5) is 0 Å². The van der Waals surface area contributed by atoms with Crippen molar-refractivity contribution in [2.75, 3.05) is 13.2 Å². The van der Waals surface area contributed by atoms with Gasteiger partial charge in [0.15, 0.2) is 6.61 Å². The Hall–Kier alpha value is -2.55. The predicted octanol–water partition coefficient (Wildman–Crippen LogP) is 1.40. The lowest BCUT2D eigenvalue weighted by Crippen LogP contribution is -2.52. The average Bonchev–Trinajstić information content (AvgIpc) is 2.88. The SMILES string of the molecule is CC1(C(=O)O)CCCN1C(=O)COc1ccccc1C#N. The normalized spacial score (nSPS) is 20.9. The van der Waals surface area contributed by atoms with Crippen LogP contribution in [0.2, 0.25) is 0 Å². The van der Waals surface area contributed by atoms with Gasteiger partial charge in [0.1, 0.15) is 17.4 Å². The van der Waals surface area contributed by atoms with E-state index >= 15 is 0 Å².